The Kier molecular flexibility index (Phi) is 5.39. The van der Waals surface area contributed by atoms with Crippen molar-refractivity contribution in [1.29, 1.82) is 0 Å². The van der Waals surface area contributed by atoms with Gasteiger partial charge in [0, 0.05) is 24.7 Å². The molecule has 2 saturated heterocycles. The number of piperidine rings is 2. The van der Waals surface area contributed by atoms with Crippen LogP contribution in [0.25, 0.3) is 0 Å². The number of nitrogens with zero attached hydrogens (tertiary/aromatic N) is 1. The maximum Gasteiger partial charge on any atom is 0.118 e. The summed E-state index contributed by atoms with van der Waals surface area (Å²) in [6, 6.07) is 16.9. The number of methoxy groups -OCH3 is 1. The zero-order valence-electron chi connectivity index (χ0n) is 13.8. The highest BCUT2D eigenvalue weighted by Crippen LogP contribution is 2.51. The molecule has 2 heterocycles. The van der Waals surface area contributed by atoms with Crippen LogP contribution in [0.3, 0.4) is 0 Å². The maximum atomic E-state index is 6.02. The predicted molar refractivity (Wildman–Crippen MR) is 101 cm³/mol. The number of ether oxygens (including phenoxy) is 1. The summed E-state index contributed by atoms with van der Waals surface area (Å²) >= 11 is 6.02. The Morgan fingerprint density at radius 2 is 1.62 bits per heavy atom. The van der Waals surface area contributed by atoms with Gasteiger partial charge in [0.25, 0.3) is 0 Å². The third-order valence-electron chi connectivity index (χ3n) is 5.43. The zero-order valence-corrected chi connectivity index (χ0v) is 15.4. The summed E-state index contributed by atoms with van der Waals surface area (Å²) in [5.41, 5.74) is 2.84. The van der Waals surface area contributed by atoms with Crippen LogP contribution in [-0.2, 0) is 6.54 Å². The first-order chi connectivity index (χ1) is 11.2. The van der Waals surface area contributed by atoms with Gasteiger partial charge in [-0.15, -0.1) is 12.4 Å². The van der Waals surface area contributed by atoms with Gasteiger partial charge >= 0.3 is 0 Å². The molecule has 2 atom stereocenters. The van der Waals surface area contributed by atoms with E-state index in [1.807, 2.05) is 12.1 Å². The van der Waals surface area contributed by atoms with Crippen LogP contribution in [0, 0.1) is 11.8 Å². The normalized spacial score (nSPS) is 25.5. The molecule has 0 aromatic heterocycles. The fraction of sp³-hybridized carbons (Fsp3) is 0.400. The van der Waals surface area contributed by atoms with Crippen LogP contribution in [0.4, 0.5) is 0 Å². The van der Waals surface area contributed by atoms with E-state index < -0.39 is 0 Å². The van der Waals surface area contributed by atoms with Crippen molar-refractivity contribution in [3.05, 3.63) is 64.7 Å². The van der Waals surface area contributed by atoms with Gasteiger partial charge in [-0.05, 0) is 59.6 Å². The Bertz CT molecular complexity index is 659. The second-order valence-electron chi connectivity index (χ2n) is 6.88. The van der Waals surface area contributed by atoms with E-state index in [4.69, 9.17) is 16.3 Å². The SMILES string of the molecule is COc1ccc(CN2CC3CC(C2)C3c2ccc(Cl)cc2)cc1.Cl. The Labute approximate surface area is 155 Å². The molecule has 5 rings (SSSR count). The van der Waals surface area contributed by atoms with E-state index in [-0.39, 0.29) is 12.4 Å². The number of benzene rings is 2. The number of fused-ring (bicyclic) bond motifs is 2. The van der Waals surface area contributed by atoms with Crippen molar-refractivity contribution in [2.45, 2.75) is 18.9 Å². The van der Waals surface area contributed by atoms with Gasteiger partial charge in [0.1, 0.15) is 5.75 Å². The van der Waals surface area contributed by atoms with Crippen molar-refractivity contribution in [1.82, 2.24) is 4.90 Å². The molecular formula is C20H23Cl2NO. The number of halogens is 2. The van der Waals surface area contributed by atoms with Crippen molar-refractivity contribution in [2.75, 3.05) is 20.2 Å². The molecule has 0 spiro atoms. The lowest BCUT2D eigenvalue weighted by Gasteiger charge is -2.54. The number of rotatable bonds is 4. The smallest absolute Gasteiger partial charge is 0.118 e. The van der Waals surface area contributed by atoms with Crippen LogP contribution in [0.5, 0.6) is 5.75 Å². The van der Waals surface area contributed by atoms with E-state index >= 15 is 0 Å². The van der Waals surface area contributed by atoms with E-state index in [1.165, 1.54) is 30.6 Å². The summed E-state index contributed by atoms with van der Waals surface area (Å²) in [6.45, 7) is 3.45. The Morgan fingerprint density at radius 1 is 1.00 bits per heavy atom. The molecule has 3 aliphatic rings. The Morgan fingerprint density at radius 3 is 2.21 bits per heavy atom. The average Bonchev–Trinajstić information content (AvgIpc) is 2.57. The largest absolute Gasteiger partial charge is 0.497 e. The first kappa shape index (κ1) is 17.6. The molecule has 2 aromatic carbocycles. The topological polar surface area (TPSA) is 12.5 Å². The molecule has 2 unspecified atom stereocenters. The monoisotopic (exact) mass is 363 g/mol. The summed E-state index contributed by atoms with van der Waals surface area (Å²) in [5.74, 6) is 3.26. The highest BCUT2D eigenvalue weighted by molar-refractivity contribution is 6.30. The summed E-state index contributed by atoms with van der Waals surface area (Å²) in [6.07, 6.45) is 1.38. The fourth-order valence-electron chi connectivity index (χ4n) is 4.33. The molecule has 3 fully saturated rings. The van der Waals surface area contributed by atoms with Gasteiger partial charge in [-0.2, -0.15) is 0 Å². The van der Waals surface area contributed by atoms with E-state index in [2.05, 4.69) is 41.3 Å². The summed E-state index contributed by atoms with van der Waals surface area (Å²) in [7, 11) is 1.71. The van der Waals surface area contributed by atoms with E-state index in [1.54, 1.807) is 7.11 Å². The second-order valence-corrected chi connectivity index (χ2v) is 7.31. The Hall–Kier alpha value is -1.22. The van der Waals surface area contributed by atoms with E-state index in [0.717, 1.165) is 35.1 Å². The minimum absolute atomic E-state index is 0. The molecular weight excluding hydrogens is 341 g/mol. The molecule has 2 nitrogen and oxygen atoms in total. The van der Waals surface area contributed by atoms with Crippen molar-refractivity contribution in [3.63, 3.8) is 0 Å². The molecule has 4 heteroatoms. The molecule has 2 aromatic rings. The van der Waals surface area contributed by atoms with Gasteiger partial charge < -0.3 is 4.74 Å². The molecule has 0 amide bonds. The molecule has 24 heavy (non-hydrogen) atoms. The lowest BCUT2D eigenvalue weighted by molar-refractivity contribution is -0.00531. The Balaban J connectivity index is 0.00000169. The van der Waals surface area contributed by atoms with Gasteiger partial charge in [-0.3, -0.25) is 4.90 Å². The van der Waals surface area contributed by atoms with Crippen LogP contribution in [0.1, 0.15) is 23.5 Å². The molecule has 1 aliphatic carbocycles. The predicted octanol–water partition coefficient (Wildman–Crippen LogP) is 5.01. The van der Waals surface area contributed by atoms with Gasteiger partial charge in [0.15, 0.2) is 0 Å². The third-order valence-corrected chi connectivity index (χ3v) is 5.68. The van der Waals surface area contributed by atoms with Crippen LogP contribution >= 0.6 is 24.0 Å². The standard InChI is InChI=1S/C20H22ClNO.ClH/c1-23-19-8-2-14(3-9-19)11-22-12-16-10-17(13-22)20(16)15-4-6-18(21)7-5-15;/h2-9,16-17,20H,10-13H2,1H3;1H. The van der Waals surface area contributed by atoms with E-state index in [9.17, 15) is 0 Å². The van der Waals surface area contributed by atoms with Gasteiger partial charge in [0.05, 0.1) is 7.11 Å². The minimum Gasteiger partial charge on any atom is -0.497 e. The second kappa shape index (κ2) is 7.35. The van der Waals surface area contributed by atoms with Gasteiger partial charge in [-0.1, -0.05) is 35.9 Å². The van der Waals surface area contributed by atoms with Crippen LogP contribution < -0.4 is 4.74 Å². The zero-order chi connectivity index (χ0) is 15.8. The summed E-state index contributed by atoms with van der Waals surface area (Å²) in [5, 5.41) is 0.833. The van der Waals surface area contributed by atoms with Crippen LogP contribution in [0.2, 0.25) is 5.02 Å². The first-order valence-corrected chi connectivity index (χ1v) is 8.71. The lowest BCUT2D eigenvalue weighted by Crippen LogP contribution is -2.53. The highest BCUT2D eigenvalue weighted by Gasteiger charge is 2.46. The van der Waals surface area contributed by atoms with Crippen LogP contribution in [0.15, 0.2) is 48.5 Å². The molecule has 0 radical (unpaired) electrons. The quantitative estimate of drug-likeness (QED) is 0.757. The molecule has 1 saturated carbocycles. The molecule has 2 bridgehead atoms. The first-order valence-electron chi connectivity index (χ1n) is 8.33. The average molecular weight is 364 g/mol. The van der Waals surface area contributed by atoms with E-state index in [0.29, 0.717) is 0 Å². The minimum atomic E-state index is 0. The van der Waals surface area contributed by atoms with Crippen molar-refractivity contribution < 1.29 is 4.74 Å². The molecule has 0 N–H and O–H groups in total. The van der Waals surface area contributed by atoms with Crippen LogP contribution in [-0.4, -0.2) is 25.1 Å². The maximum absolute atomic E-state index is 6.02. The van der Waals surface area contributed by atoms with Gasteiger partial charge in [0.2, 0.25) is 0 Å². The van der Waals surface area contributed by atoms with Crippen molar-refractivity contribution in [2.24, 2.45) is 11.8 Å². The number of hydrogen-bond donors (Lipinski definition) is 0. The van der Waals surface area contributed by atoms with Gasteiger partial charge in [-0.25, -0.2) is 0 Å². The number of hydrogen-bond acceptors (Lipinski definition) is 2. The lowest BCUT2D eigenvalue weighted by atomic mass is 9.59. The molecule has 128 valence electrons. The third kappa shape index (κ3) is 3.42. The van der Waals surface area contributed by atoms with Crippen molar-refractivity contribution in [3.8, 4) is 5.75 Å². The summed E-state index contributed by atoms with van der Waals surface area (Å²) < 4.78 is 5.23. The molecule has 2 aliphatic heterocycles. The fourth-order valence-corrected chi connectivity index (χ4v) is 4.46. The van der Waals surface area contributed by atoms with Crippen molar-refractivity contribution >= 4 is 24.0 Å². The summed E-state index contributed by atoms with van der Waals surface area (Å²) in [4.78, 5) is 2.60. The highest BCUT2D eigenvalue weighted by atomic mass is 35.5.